The first-order valence-corrected chi connectivity index (χ1v) is 10.9. The van der Waals surface area contributed by atoms with E-state index in [-0.39, 0.29) is 0 Å². The summed E-state index contributed by atoms with van der Waals surface area (Å²) in [7, 11) is 0. The van der Waals surface area contributed by atoms with Crippen LogP contribution >= 0.6 is 11.8 Å². The molecule has 1 heterocycles. The molecular weight excluding hydrogens is 364 g/mol. The van der Waals surface area contributed by atoms with E-state index in [9.17, 15) is 0 Å². The molecule has 1 fully saturated rings. The van der Waals surface area contributed by atoms with Gasteiger partial charge in [-0.1, -0.05) is 67.4 Å². The van der Waals surface area contributed by atoms with Gasteiger partial charge in [0.1, 0.15) is 0 Å². The smallest absolute Gasteiger partial charge is 0.192 e. The molecule has 142 valence electrons. The molecule has 1 aliphatic rings. The summed E-state index contributed by atoms with van der Waals surface area (Å²) >= 11 is 1.71. The van der Waals surface area contributed by atoms with Crippen molar-refractivity contribution in [2.24, 2.45) is 0 Å². The van der Waals surface area contributed by atoms with Crippen LogP contribution in [0.1, 0.15) is 54.8 Å². The van der Waals surface area contributed by atoms with Crippen molar-refractivity contribution in [3.8, 4) is 17.5 Å². The van der Waals surface area contributed by atoms with Crippen LogP contribution in [0.5, 0.6) is 0 Å². The zero-order valence-corrected chi connectivity index (χ0v) is 17.0. The van der Waals surface area contributed by atoms with E-state index in [1.165, 1.54) is 43.2 Å². The average molecular weight is 389 g/mol. The van der Waals surface area contributed by atoms with Gasteiger partial charge in [-0.15, -0.1) is 10.2 Å². The number of thioether (sulfide) groups is 1. The number of benzene rings is 2. The Morgan fingerprint density at radius 3 is 2.68 bits per heavy atom. The maximum absolute atomic E-state index is 9.13. The molecule has 0 N–H and O–H groups in total. The van der Waals surface area contributed by atoms with Crippen molar-refractivity contribution in [2.45, 2.75) is 56.0 Å². The lowest BCUT2D eigenvalue weighted by Crippen LogP contribution is -2.15. The predicted octanol–water partition coefficient (Wildman–Crippen LogP) is 5.92. The van der Waals surface area contributed by atoms with Crippen molar-refractivity contribution in [3.63, 3.8) is 0 Å². The largest absolute Gasteiger partial charge is 0.299 e. The number of hydrogen-bond acceptors (Lipinski definition) is 4. The van der Waals surface area contributed by atoms with Crippen LogP contribution in [-0.4, -0.2) is 14.8 Å². The van der Waals surface area contributed by atoms with Crippen LogP contribution in [-0.2, 0) is 5.75 Å². The van der Waals surface area contributed by atoms with Crippen molar-refractivity contribution in [3.05, 3.63) is 65.2 Å². The van der Waals surface area contributed by atoms with Gasteiger partial charge in [0.2, 0.25) is 0 Å². The summed E-state index contributed by atoms with van der Waals surface area (Å²) in [5.74, 6) is 1.77. The lowest BCUT2D eigenvalue weighted by Gasteiger charge is -2.26. The lowest BCUT2D eigenvalue weighted by atomic mass is 9.95. The van der Waals surface area contributed by atoms with E-state index in [0.29, 0.717) is 11.6 Å². The molecule has 5 heteroatoms. The Balaban J connectivity index is 1.66. The van der Waals surface area contributed by atoms with Gasteiger partial charge in [0.05, 0.1) is 11.6 Å². The van der Waals surface area contributed by atoms with Gasteiger partial charge < -0.3 is 0 Å². The van der Waals surface area contributed by atoms with Gasteiger partial charge in [-0.2, -0.15) is 5.26 Å². The van der Waals surface area contributed by atoms with E-state index in [2.05, 4.69) is 58.1 Å². The first kappa shape index (κ1) is 18.8. The summed E-state index contributed by atoms with van der Waals surface area (Å²) in [6.07, 6.45) is 6.24. The average Bonchev–Trinajstić information content (AvgIpc) is 3.17. The first-order chi connectivity index (χ1) is 13.8. The minimum atomic E-state index is 0.464. The second-order valence-electron chi connectivity index (χ2n) is 7.38. The minimum absolute atomic E-state index is 0.464. The summed E-state index contributed by atoms with van der Waals surface area (Å²) in [5.41, 5.74) is 4.23. The van der Waals surface area contributed by atoms with Crippen LogP contribution in [0.2, 0.25) is 0 Å². The first-order valence-electron chi connectivity index (χ1n) is 9.89. The Labute approximate surface area is 170 Å². The Morgan fingerprint density at radius 1 is 1.07 bits per heavy atom. The zero-order valence-electron chi connectivity index (χ0n) is 16.1. The quantitative estimate of drug-likeness (QED) is 0.509. The van der Waals surface area contributed by atoms with E-state index in [4.69, 9.17) is 5.26 Å². The molecule has 0 amide bonds. The molecule has 28 heavy (non-hydrogen) atoms. The van der Waals surface area contributed by atoms with Crippen molar-refractivity contribution in [2.75, 3.05) is 0 Å². The Bertz CT molecular complexity index is 996. The molecule has 0 aliphatic heterocycles. The second kappa shape index (κ2) is 8.62. The van der Waals surface area contributed by atoms with Crippen molar-refractivity contribution in [1.29, 1.82) is 5.26 Å². The topological polar surface area (TPSA) is 54.5 Å². The molecule has 1 saturated carbocycles. The molecule has 1 aliphatic carbocycles. The highest BCUT2D eigenvalue weighted by Gasteiger charge is 2.24. The summed E-state index contributed by atoms with van der Waals surface area (Å²) in [6.45, 7) is 2.13. The van der Waals surface area contributed by atoms with Gasteiger partial charge >= 0.3 is 0 Å². The fraction of sp³-hybridized carbons (Fsp3) is 0.348. The summed E-state index contributed by atoms with van der Waals surface area (Å²) in [6, 6.07) is 18.9. The Morgan fingerprint density at radius 2 is 1.89 bits per heavy atom. The van der Waals surface area contributed by atoms with Crippen LogP contribution in [0.15, 0.2) is 53.7 Å². The standard InChI is InChI=1S/C23H24N4S/c1-17-8-5-6-13-21(17)22-25-26-23(27(22)20-11-3-2-4-12-20)28-16-19-10-7-9-18(14-19)15-24/h5-10,13-14,20H,2-4,11-12,16H2,1H3. The molecule has 0 spiro atoms. The minimum Gasteiger partial charge on any atom is -0.299 e. The molecule has 4 rings (SSSR count). The highest BCUT2D eigenvalue weighted by molar-refractivity contribution is 7.98. The molecule has 0 atom stereocenters. The molecule has 3 aromatic rings. The van der Waals surface area contributed by atoms with Gasteiger partial charge in [0.15, 0.2) is 11.0 Å². The van der Waals surface area contributed by atoms with E-state index < -0.39 is 0 Å². The van der Waals surface area contributed by atoms with E-state index in [1.54, 1.807) is 11.8 Å². The summed E-state index contributed by atoms with van der Waals surface area (Å²) < 4.78 is 2.38. The molecular formula is C23H24N4S. The Kier molecular flexibility index (Phi) is 5.78. The van der Waals surface area contributed by atoms with E-state index in [0.717, 1.165) is 22.3 Å². The third kappa shape index (κ3) is 3.98. The molecule has 2 aromatic carbocycles. The maximum Gasteiger partial charge on any atom is 0.192 e. The van der Waals surface area contributed by atoms with Crippen LogP contribution in [0.3, 0.4) is 0 Å². The fourth-order valence-electron chi connectivity index (χ4n) is 3.93. The number of aryl methyl sites for hydroxylation is 1. The molecule has 0 unspecified atom stereocenters. The fourth-order valence-corrected chi connectivity index (χ4v) is 4.88. The van der Waals surface area contributed by atoms with Crippen LogP contribution < -0.4 is 0 Å². The number of hydrogen-bond donors (Lipinski definition) is 0. The van der Waals surface area contributed by atoms with Crippen LogP contribution in [0.4, 0.5) is 0 Å². The van der Waals surface area contributed by atoms with Crippen molar-refractivity contribution < 1.29 is 0 Å². The number of nitriles is 1. The Hall–Kier alpha value is -2.58. The third-order valence-electron chi connectivity index (χ3n) is 5.41. The van der Waals surface area contributed by atoms with Crippen molar-refractivity contribution in [1.82, 2.24) is 14.8 Å². The van der Waals surface area contributed by atoms with Gasteiger partial charge in [0.25, 0.3) is 0 Å². The monoisotopic (exact) mass is 388 g/mol. The predicted molar refractivity (Wildman–Crippen MR) is 113 cm³/mol. The molecule has 0 saturated heterocycles. The van der Waals surface area contributed by atoms with Gasteiger partial charge in [-0.3, -0.25) is 4.57 Å². The number of aromatic nitrogens is 3. The molecule has 1 aromatic heterocycles. The molecule has 0 radical (unpaired) electrons. The lowest BCUT2D eigenvalue weighted by molar-refractivity contribution is 0.339. The zero-order chi connectivity index (χ0) is 19.3. The number of rotatable bonds is 5. The van der Waals surface area contributed by atoms with Crippen LogP contribution in [0.25, 0.3) is 11.4 Å². The third-order valence-corrected chi connectivity index (χ3v) is 6.43. The summed E-state index contributed by atoms with van der Waals surface area (Å²) in [5, 5.41) is 19.3. The molecule has 0 bridgehead atoms. The van der Waals surface area contributed by atoms with Gasteiger partial charge in [-0.25, -0.2) is 0 Å². The maximum atomic E-state index is 9.13. The molecule has 4 nitrogen and oxygen atoms in total. The van der Waals surface area contributed by atoms with E-state index >= 15 is 0 Å². The highest BCUT2D eigenvalue weighted by atomic mass is 32.2. The van der Waals surface area contributed by atoms with Gasteiger partial charge in [0, 0.05) is 17.4 Å². The van der Waals surface area contributed by atoms with Crippen molar-refractivity contribution >= 4 is 11.8 Å². The highest BCUT2D eigenvalue weighted by Crippen LogP contribution is 2.37. The summed E-state index contributed by atoms with van der Waals surface area (Å²) in [4.78, 5) is 0. The number of nitrogens with zero attached hydrogens (tertiary/aromatic N) is 4. The normalized spacial score (nSPS) is 14.7. The second-order valence-corrected chi connectivity index (χ2v) is 8.33. The van der Waals surface area contributed by atoms with Gasteiger partial charge in [-0.05, 0) is 43.0 Å². The SMILES string of the molecule is Cc1ccccc1-c1nnc(SCc2cccc(C#N)c2)n1C1CCCCC1. The van der Waals surface area contributed by atoms with Crippen LogP contribution in [0, 0.1) is 18.3 Å². The van der Waals surface area contributed by atoms with E-state index in [1.807, 2.05) is 18.2 Å².